The Morgan fingerprint density at radius 1 is 1.50 bits per heavy atom. The molecule has 1 fully saturated rings. The quantitative estimate of drug-likeness (QED) is 0.821. The maximum Gasteiger partial charge on any atom is 0.223 e. The fraction of sp³-hybridized carbons (Fsp3) is 0.778. The van der Waals surface area contributed by atoms with Crippen molar-refractivity contribution in [1.82, 2.24) is 15.5 Å². The predicted octanol–water partition coefficient (Wildman–Crippen LogP) is 1.36. The number of hydrogen-bond acceptors (Lipinski definition) is 5. The third-order valence-corrected chi connectivity index (χ3v) is 3.39. The molecule has 0 radical (unpaired) electrons. The van der Waals surface area contributed by atoms with Gasteiger partial charge in [-0.3, -0.25) is 0 Å². The Morgan fingerprint density at radius 3 is 2.93 bits per heavy atom. The normalized spacial score (nSPS) is 18.6. The van der Waals surface area contributed by atoms with E-state index in [9.17, 15) is 0 Å². The molecule has 2 heterocycles. The molecule has 0 aromatic carbocycles. The van der Waals surface area contributed by atoms with E-state index in [2.05, 4.69) is 15.5 Å². The minimum atomic E-state index is 0.634. The van der Waals surface area contributed by atoms with Crippen LogP contribution in [0.2, 0.25) is 0 Å². The van der Waals surface area contributed by atoms with E-state index in [0.29, 0.717) is 11.9 Å². The molecule has 0 aliphatic carbocycles. The van der Waals surface area contributed by atoms with Crippen molar-refractivity contribution >= 4 is 11.8 Å². The van der Waals surface area contributed by atoms with Crippen molar-refractivity contribution in [3.8, 4) is 0 Å². The van der Waals surface area contributed by atoms with Gasteiger partial charge in [0.1, 0.15) is 0 Å². The van der Waals surface area contributed by atoms with Gasteiger partial charge in [-0.25, -0.2) is 0 Å². The topological polar surface area (TPSA) is 51.0 Å². The van der Waals surface area contributed by atoms with Gasteiger partial charge in [0, 0.05) is 13.0 Å². The lowest BCUT2D eigenvalue weighted by Gasteiger charge is -2.21. The van der Waals surface area contributed by atoms with Gasteiger partial charge in [0.15, 0.2) is 5.82 Å². The highest BCUT2D eigenvalue weighted by atomic mass is 32.2. The van der Waals surface area contributed by atoms with Crippen LogP contribution < -0.4 is 5.32 Å². The SMILES string of the molecule is Cc1nc(CNC2CCSCC2)no1. The monoisotopic (exact) mass is 213 g/mol. The van der Waals surface area contributed by atoms with Crippen LogP contribution in [0.1, 0.15) is 24.6 Å². The third-order valence-electron chi connectivity index (χ3n) is 2.34. The van der Waals surface area contributed by atoms with Gasteiger partial charge in [-0.15, -0.1) is 0 Å². The lowest BCUT2D eigenvalue weighted by atomic mass is 10.1. The van der Waals surface area contributed by atoms with Crippen LogP contribution in [0.15, 0.2) is 4.52 Å². The van der Waals surface area contributed by atoms with Gasteiger partial charge >= 0.3 is 0 Å². The summed E-state index contributed by atoms with van der Waals surface area (Å²) in [5.41, 5.74) is 0. The molecule has 78 valence electrons. The smallest absolute Gasteiger partial charge is 0.223 e. The van der Waals surface area contributed by atoms with Gasteiger partial charge < -0.3 is 9.84 Å². The standard InChI is InChI=1S/C9H15N3OS/c1-7-11-9(12-13-7)6-10-8-2-4-14-5-3-8/h8,10H,2-6H2,1H3. The maximum atomic E-state index is 4.90. The van der Waals surface area contributed by atoms with Gasteiger partial charge in [0.25, 0.3) is 0 Å². The molecule has 1 aliphatic heterocycles. The Labute approximate surface area is 87.8 Å². The highest BCUT2D eigenvalue weighted by molar-refractivity contribution is 7.99. The number of rotatable bonds is 3. The van der Waals surface area contributed by atoms with Crippen LogP contribution >= 0.6 is 11.8 Å². The zero-order valence-electron chi connectivity index (χ0n) is 8.32. The molecule has 0 amide bonds. The highest BCUT2D eigenvalue weighted by Crippen LogP contribution is 2.16. The molecule has 0 unspecified atom stereocenters. The molecule has 0 spiro atoms. The first kappa shape index (κ1) is 9.98. The molecule has 0 saturated carbocycles. The van der Waals surface area contributed by atoms with E-state index in [4.69, 9.17) is 4.52 Å². The molecule has 4 nitrogen and oxygen atoms in total. The van der Waals surface area contributed by atoms with Gasteiger partial charge in [-0.05, 0) is 24.3 Å². The van der Waals surface area contributed by atoms with E-state index >= 15 is 0 Å². The molecule has 0 bridgehead atoms. The van der Waals surface area contributed by atoms with Crippen molar-refractivity contribution in [2.45, 2.75) is 32.4 Å². The van der Waals surface area contributed by atoms with Crippen LogP contribution in [-0.2, 0) is 6.54 Å². The van der Waals surface area contributed by atoms with Crippen molar-refractivity contribution in [2.24, 2.45) is 0 Å². The van der Waals surface area contributed by atoms with Gasteiger partial charge in [-0.2, -0.15) is 16.7 Å². The summed E-state index contributed by atoms with van der Waals surface area (Å²) in [5.74, 6) is 3.94. The van der Waals surface area contributed by atoms with E-state index in [1.165, 1.54) is 24.3 Å². The molecule has 14 heavy (non-hydrogen) atoms. The molecule has 1 aromatic rings. The fourth-order valence-electron chi connectivity index (χ4n) is 1.55. The number of aryl methyl sites for hydroxylation is 1. The summed E-state index contributed by atoms with van der Waals surface area (Å²) in [7, 11) is 0. The van der Waals surface area contributed by atoms with Crippen molar-refractivity contribution in [2.75, 3.05) is 11.5 Å². The maximum absolute atomic E-state index is 4.90. The summed E-state index contributed by atoms with van der Waals surface area (Å²) in [6.07, 6.45) is 2.50. The number of aromatic nitrogens is 2. The summed E-state index contributed by atoms with van der Waals surface area (Å²) < 4.78 is 4.90. The summed E-state index contributed by atoms with van der Waals surface area (Å²) in [5, 5.41) is 7.30. The zero-order chi connectivity index (χ0) is 9.80. The van der Waals surface area contributed by atoms with E-state index < -0.39 is 0 Å². The Bertz CT molecular complexity index is 283. The Morgan fingerprint density at radius 2 is 2.29 bits per heavy atom. The number of nitrogens with zero attached hydrogens (tertiary/aromatic N) is 2. The Hall–Kier alpha value is -0.550. The van der Waals surface area contributed by atoms with Gasteiger partial charge in [0.2, 0.25) is 5.89 Å². The molecular formula is C9H15N3OS. The average Bonchev–Trinajstić information content (AvgIpc) is 2.63. The number of nitrogens with one attached hydrogen (secondary N) is 1. The molecule has 5 heteroatoms. The lowest BCUT2D eigenvalue weighted by molar-refractivity contribution is 0.381. The molecule has 1 aromatic heterocycles. The lowest BCUT2D eigenvalue weighted by Crippen LogP contribution is -2.32. The molecule has 1 N–H and O–H groups in total. The minimum Gasteiger partial charge on any atom is -0.340 e. The van der Waals surface area contributed by atoms with Crippen LogP contribution in [0, 0.1) is 6.92 Å². The highest BCUT2D eigenvalue weighted by Gasteiger charge is 2.13. The summed E-state index contributed by atoms with van der Waals surface area (Å²) >= 11 is 2.03. The Kier molecular flexibility index (Phi) is 3.42. The third kappa shape index (κ3) is 2.72. The molecule has 1 saturated heterocycles. The fourth-order valence-corrected chi connectivity index (χ4v) is 2.66. The minimum absolute atomic E-state index is 0.634. The van der Waals surface area contributed by atoms with E-state index in [1.807, 2.05) is 18.7 Å². The first-order valence-electron chi connectivity index (χ1n) is 4.95. The van der Waals surface area contributed by atoms with Crippen molar-refractivity contribution in [3.63, 3.8) is 0 Å². The summed E-state index contributed by atoms with van der Waals surface area (Å²) in [6.45, 7) is 2.54. The van der Waals surface area contributed by atoms with Crippen molar-refractivity contribution < 1.29 is 4.52 Å². The van der Waals surface area contributed by atoms with Gasteiger partial charge in [0.05, 0.1) is 6.54 Å². The van der Waals surface area contributed by atoms with Crippen LogP contribution in [0.25, 0.3) is 0 Å². The summed E-state index contributed by atoms with van der Waals surface area (Å²) in [4.78, 5) is 4.15. The van der Waals surface area contributed by atoms with E-state index in [0.717, 1.165) is 12.4 Å². The van der Waals surface area contributed by atoms with Crippen LogP contribution in [-0.4, -0.2) is 27.7 Å². The number of hydrogen-bond donors (Lipinski definition) is 1. The molecule has 2 rings (SSSR count). The number of thioether (sulfide) groups is 1. The molecular weight excluding hydrogens is 198 g/mol. The second-order valence-electron chi connectivity index (χ2n) is 3.50. The second kappa shape index (κ2) is 4.79. The first-order chi connectivity index (χ1) is 6.84. The summed E-state index contributed by atoms with van der Waals surface area (Å²) in [6, 6.07) is 0.634. The molecule has 1 aliphatic rings. The Balaban J connectivity index is 1.76. The van der Waals surface area contributed by atoms with E-state index in [1.54, 1.807) is 0 Å². The largest absolute Gasteiger partial charge is 0.340 e. The first-order valence-corrected chi connectivity index (χ1v) is 6.10. The van der Waals surface area contributed by atoms with Crippen molar-refractivity contribution in [3.05, 3.63) is 11.7 Å². The van der Waals surface area contributed by atoms with E-state index in [-0.39, 0.29) is 0 Å². The second-order valence-corrected chi connectivity index (χ2v) is 4.72. The average molecular weight is 213 g/mol. The zero-order valence-corrected chi connectivity index (χ0v) is 9.14. The van der Waals surface area contributed by atoms with Crippen LogP contribution in [0.3, 0.4) is 0 Å². The molecule has 0 atom stereocenters. The van der Waals surface area contributed by atoms with Crippen LogP contribution in [0.4, 0.5) is 0 Å². The van der Waals surface area contributed by atoms with Crippen molar-refractivity contribution in [1.29, 1.82) is 0 Å². The predicted molar refractivity (Wildman–Crippen MR) is 56.2 cm³/mol. The van der Waals surface area contributed by atoms with Crippen LogP contribution in [0.5, 0.6) is 0 Å². The van der Waals surface area contributed by atoms with Gasteiger partial charge in [-0.1, -0.05) is 5.16 Å².